The lowest BCUT2D eigenvalue weighted by molar-refractivity contribution is -0.127. The number of rotatable bonds is 5. The first kappa shape index (κ1) is 20.1. The number of nitrogens with zero attached hydrogens (tertiary/aromatic N) is 7. The fourth-order valence-corrected chi connectivity index (χ4v) is 3.99. The largest absolute Gasteiger partial charge is 0.331 e. The van der Waals surface area contributed by atoms with Gasteiger partial charge in [-0.1, -0.05) is 17.4 Å². The lowest BCUT2D eigenvalue weighted by atomic mass is 9.98. The van der Waals surface area contributed by atoms with Crippen LogP contribution in [0.5, 0.6) is 0 Å². The van der Waals surface area contributed by atoms with Crippen LogP contribution in [0.25, 0.3) is 33.4 Å². The number of nitrogens with one attached hydrogen (secondary N) is 1. The zero-order valence-corrected chi connectivity index (χ0v) is 18.1. The third-order valence-corrected chi connectivity index (χ3v) is 5.59. The van der Waals surface area contributed by atoms with Crippen molar-refractivity contribution in [3.05, 3.63) is 60.6 Å². The van der Waals surface area contributed by atoms with E-state index in [9.17, 15) is 4.79 Å². The minimum atomic E-state index is 0.0199. The van der Waals surface area contributed by atoms with E-state index in [1.165, 1.54) is 0 Å². The number of likely N-dealkylation sites (N-methyl/N-ethyl adjacent to an activating group) is 1. The molecule has 5 rings (SSSR count). The molecule has 0 fully saturated rings. The second-order valence-electron chi connectivity index (χ2n) is 8.10. The van der Waals surface area contributed by atoms with E-state index in [1.807, 2.05) is 65.0 Å². The van der Waals surface area contributed by atoms with E-state index in [-0.39, 0.29) is 5.91 Å². The van der Waals surface area contributed by atoms with Gasteiger partial charge in [-0.15, -0.1) is 5.10 Å². The number of fused-ring (bicyclic) bond motifs is 2. The van der Waals surface area contributed by atoms with Crippen LogP contribution < -0.4 is 0 Å². The van der Waals surface area contributed by atoms with Crippen LogP contribution in [0.1, 0.15) is 5.69 Å². The van der Waals surface area contributed by atoms with Gasteiger partial charge in [-0.2, -0.15) is 5.10 Å². The Bertz CT molecular complexity index is 1290. The average molecular weight is 429 g/mol. The zero-order valence-electron chi connectivity index (χ0n) is 18.1. The van der Waals surface area contributed by atoms with E-state index in [1.54, 1.807) is 18.5 Å². The first-order chi connectivity index (χ1) is 15.6. The summed E-state index contributed by atoms with van der Waals surface area (Å²) in [5.74, 6) is 0.0199. The molecule has 0 aliphatic carbocycles. The van der Waals surface area contributed by atoms with Gasteiger partial charge >= 0.3 is 0 Å². The van der Waals surface area contributed by atoms with E-state index in [2.05, 4.69) is 20.4 Å². The van der Waals surface area contributed by atoms with Gasteiger partial charge in [0.15, 0.2) is 0 Å². The van der Waals surface area contributed by atoms with Crippen molar-refractivity contribution >= 4 is 16.9 Å². The molecule has 1 aliphatic rings. The molecule has 0 atom stereocenters. The molecule has 0 spiro atoms. The highest BCUT2D eigenvalue weighted by Crippen LogP contribution is 2.37. The Morgan fingerprint density at radius 1 is 1.16 bits per heavy atom. The molecule has 0 radical (unpaired) electrons. The number of carbonyl (C=O) groups is 1. The smallest absolute Gasteiger partial charge is 0.246 e. The standard InChI is InChI=1S/C23H24N8O/c1-29(2)11-3-4-21(32)30-12-13-31-20(15-30)22(16-7-9-24-10-8-16)23(27-31)17-5-6-18-19(14-17)26-28-25-18/h3-10,14H,11-13,15H2,1-2H3,(H,25,26,28)/b4-3+. The predicted molar refractivity (Wildman–Crippen MR) is 121 cm³/mol. The molecule has 4 aromatic rings. The lowest BCUT2D eigenvalue weighted by Crippen LogP contribution is -2.37. The first-order valence-electron chi connectivity index (χ1n) is 10.5. The maximum Gasteiger partial charge on any atom is 0.246 e. The van der Waals surface area contributed by atoms with Crippen LogP contribution in [-0.4, -0.2) is 73.1 Å². The van der Waals surface area contributed by atoms with Crippen LogP contribution in [0.2, 0.25) is 0 Å². The van der Waals surface area contributed by atoms with Crippen molar-refractivity contribution in [3.8, 4) is 22.4 Å². The predicted octanol–water partition coefficient (Wildman–Crippen LogP) is 2.34. The third-order valence-electron chi connectivity index (χ3n) is 5.59. The Morgan fingerprint density at radius 2 is 2.00 bits per heavy atom. The number of hydrogen-bond donors (Lipinski definition) is 1. The number of hydrogen-bond acceptors (Lipinski definition) is 6. The molecule has 1 amide bonds. The molecule has 9 heteroatoms. The normalized spacial score (nSPS) is 13.9. The number of pyridine rings is 1. The Hall–Kier alpha value is -3.85. The fraction of sp³-hybridized carbons (Fsp3) is 0.261. The molecular formula is C23H24N8O. The number of H-pyrrole nitrogens is 1. The van der Waals surface area contributed by atoms with Gasteiger partial charge in [0.05, 0.1) is 24.3 Å². The van der Waals surface area contributed by atoms with E-state index in [0.717, 1.165) is 45.7 Å². The number of aromatic amines is 1. The highest BCUT2D eigenvalue weighted by Gasteiger charge is 2.27. The molecule has 1 aliphatic heterocycles. The van der Waals surface area contributed by atoms with E-state index >= 15 is 0 Å². The molecular weight excluding hydrogens is 404 g/mol. The summed E-state index contributed by atoms with van der Waals surface area (Å²) in [5, 5.41) is 15.8. The number of carbonyl (C=O) groups excluding carboxylic acids is 1. The van der Waals surface area contributed by atoms with Gasteiger partial charge in [0.2, 0.25) is 5.91 Å². The van der Waals surface area contributed by atoms with Crippen LogP contribution in [-0.2, 0) is 17.9 Å². The molecule has 0 bridgehead atoms. The molecule has 162 valence electrons. The van der Waals surface area contributed by atoms with Crippen molar-refractivity contribution in [1.29, 1.82) is 0 Å². The SMILES string of the molecule is CN(C)C/C=C/C(=O)N1CCn2nc(-c3ccc4nn[nH]c4c3)c(-c3ccncc3)c2C1. The molecule has 4 heterocycles. The van der Waals surface area contributed by atoms with Crippen molar-refractivity contribution in [2.24, 2.45) is 0 Å². The summed E-state index contributed by atoms with van der Waals surface area (Å²) in [6.07, 6.45) is 7.12. The number of benzene rings is 1. The Labute approximate surface area is 185 Å². The van der Waals surface area contributed by atoms with Crippen molar-refractivity contribution < 1.29 is 4.79 Å². The Balaban J connectivity index is 1.55. The van der Waals surface area contributed by atoms with Crippen LogP contribution in [0.15, 0.2) is 54.9 Å². The van der Waals surface area contributed by atoms with Gasteiger partial charge in [0, 0.05) is 42.7 Å². The van der Waals surface area contributed by atoms with Crippen LogP contribution in [0.4, 0.5) is 0 Å². The van der Waals surface area contributed by atoms with Crippen molar-refractivity contribution in [2.75, 3.05) is 27.2 Å². The van der Waals surface area contributed by atoms with Crippen molar-refractivity contribution in [2.45, 2.75) is 13.1 Å². The van der Waals surface area contributed by atoms with E-state index in [0.29, 0.717) is 19.6 Å². The van der Waals surface area contributed by atoms with Crippen molar-refractivity contribution in [1.82, 2.24) is 40.0 Å². The third kappa shape index (κ3) is 3.78. The molecule has 1 aromatic carbocycles. The topological polar surface area (TPSA) is 95.8 Å². The molecule has 9 nitrogen and oxygen atoms in total. The van der Waals surface area contributed by atoms with Crippen LogP contribution >= 0.6 is 0 Å². The summed E-state index contributed by atoms with van der Waals surface area (Å²) < 4.78 is 2.02. The molecule has 0 saturated carbocycles. The minimum Gasteiger partial charge on any atom is -0.331 e. The highest BCUT2D eigenvalue weighted by atomic mass is 16.2. The summed E-state index contributed by atoms with van der Waals surface area (Å²) in [6, 6.07) is 9.93. The summed E-state index contributed by atoms with van der Waals surface area (Å²) in [7, 11) is 3.96. The number of aromatic nitrogens is 6. The summed E-state index contributed by atoms with van der Waals surface area (Å²) in [5.41, 5.74) is 6.59. The van der Waals surface area contributed by atoms with Crippen LogP contribution in [0, 0.1) is 0 Å². The maximum atomic E-state index is 12.8. The quantitative estimate of drug-likeness (QED) is 0.490. The zero-order chi connectivity index (χ0) is 22.1. The Morgan fingerprint density at radius 3 is 2.81 bits per heavy atom. The molecule has 3 aromatic heterocycles. The van der Waals surface area contributed by atoms with E-state index < -0.39 is 0 Å². The van der Waals surface area contributed by atoms with Gasteiger partial charge < -0.3 is 9.80 Å². The summed E-state index contributed by atoms with van der Waals surface area (Å²) in [4.78, 5) is 20.9. The highest BCUT2D eigenvalue weighted by molar-refractivity contribution is 5.89. The molecule has 0 unspecified atom stereocenters. The fourth-order valence-electron chi connectivity index (χ4n) is 3.99. The van der Waals surface area contributed by atoms with Gasteiger partial charge in [-0.25, -0.2) is 0 Å². The van der Waals surface area contributed by atoms with Gasteiger partial charge in [0.25, 0.3) is 0 Å². The van der Waals surface area contributed by atoms with Gasteiger partial charge in [-0.3, -0.25) is 19.6 Å². The second-order valence-corrected chi connectivity index (χ2v) is 8.10. The monoisotopic (exact) mass is 428 g/mol. The Kier molecular flexibility index (Phi) is 5.24. The maximum absolute atomic E-state index is 12.8. The van der Waals surface area contributed by atoms with Gasteiger partial charge in [0.1, 0.15) is 11.2 Å². The first-order valence-corrected chi connectivity index (χ1v) is 10.5. The van der Waals surface area contributed by atoms with E-state index in [4.69, 9.17) is 5.10 Å². The van der Waals surface area contributed by atoms with Crippen LogP contribution in [0.3, 0.4) is 0 Å². The average Bonchev–Trinajstić information content (AvgIpc) is 3.42. The lowest BCUT2D eigenvalue weighted by Gasteiger charge is -2.27. The summed E-state index contributed by atoms with van der Waals surface area (Å²) >= 11 is 0. The minimum absolute atomic E-state index is 0.0199. The second kappa shape index (κ2) is 8.35. The summed E-state index contributed by atoms with van der Waals surface area (Å²) in [6.45, 7) is 2.51. The van der Waals surface area contributed by atoms with Crippen molar-refractivity contribution in [3.63, 3.8) is 0 Å². The number of amides is 1. The van der Waals surface area contributed by atoms with Gasteiger partial charge in [-0.05, 0) is 43.9 Å². The molecule has 1 N–H and O–H groups in total. The molecule has 0 saturated heterocycles. The molecule has 32 heavy (non-hydrogen) atoms.